The Morgan fingerprint density at radius 2 is 1.35 bits per heavy atom. The first-order chi connectivity index (χ1) is 12.0. The van der Waals surface area contributed by atoms with E-state index in [-0.39, 0.29) is 11.1 Å². The molecule has 0 aliphatic carbocycles. The average molecular weight is 380 g/mol. The van der Waals surface area contributed by atoms with Crippen molar-refractivity contribution in [1.82, 2.24) is 0 Å². The fourth-order valence-corrected chi connectivity index (χ4v) is 2.06. The zero-order chi connectivity index (χ0) is 19.6. The molecule has 0 saturated heterocycles. The van der Waals surface area contributed by atoms with Gasteiger partial charge < -0.3 is 4.74 Å². The maximum Gasteiger partial charge on any atom is 0.460 e. The molecule has 0 fully saturated rings. The largest absolute Gasteiger partial charge is 0.460 e. The van der Waals surface area contributed by atoms with Crippen LogP contribution in [0.25, 0.3) is 11.1 Å². The van der Waals surface area contributed by atoms with Crippen LogP contribution >= 0.6 is 0 Å². The Hall–Kier alpha value is -2.58. The van der Waals surface area contributed by atoms with E-state index < -0.39 is 30.6 Å². The molecule has 140 valence electrons. The summed E-state index contributed by atoms with van der Waals surface area (Å²) in [6.45, 7) is -2.42. The minimum atomic E-state index is -6.48. The summed E-state index contributed by atoms with van der Waals surface area (Å²) in [6, 6.07) is 13.7. The highest BCUT2D eigenvalue weighted by Crippen LogP contribution is 2.46. The highest BCUT2D eigenvalue weighted by molar-refractivity contribution is 5.97. The number of esters is 1. The lowest BCUT2D eigenvalue weighted by molar-refractivity contribution is -0.359. The summed E-state index contributed by atoms with van der Waals surface area (Å²) in [4.78, 5) is 12.0. The molecule has 2 rings (SSSR count). The van der Waals surface area contributed by atoms with Crippen molar-refractivity contribution < 1.29 is 40.3 Å². The third-order valence-corrected chi connectivity index (χ3v) is 3.43. The molecule has 0 heterocycles. The zero-order valence-corrected chi connectivity index (χ0v) is 12.9. The number of benzene rings is 2. The van der Waals surface area contributed by atoms with E-state index in [1.54, 1.807) is 30.3 Å². The second-order valence-corrected chi connectivity index (χ2v) is 5.26. The van der Waals surface area contributed by atoms with Crippen molar-refractivity contribution in [1.29, 1.82) is 0 Å². The maximum atomic E-state index is 13.2. The Bertz CT molecular complexity index is 770. The van der Waals surface area contributed by atoms with Crippen LogP contribution in [0.2, 0.25) is 0 Å². The Morgan fingerprint density at radius 3 is 1.92 bits per heavy atom. The predicted octanol–water partition coefficient (Wildman–Crippen LogP) is 5.34. The number of ether oxygens (including phenoxy) is 1. The first kappa shape index (κ1) is 19.7. The van der Waals surface area contributed by atoms with Gasteiger partial charge in [0.25, 0.3) is 0 Å². The van der Waals surface area contributed by atoms with Gasteiger partial charge in [0.1, 0.15) is 0 Å². The van der Waals surface area contributed by atoms with Gasteiger partial charge in [-0.3, -0.25) is 0 Å². The average Bonchev–Trinajstić information content (AvgIpc) is 2.59. The zero-order valence-electron chi connectivity index (χ0n) is 12.9. The molecular weight excluding hydrogens is 369 g/mol. The highest BCUT2D eigenvalue weighted by Gasteiger charge is 2.73. The fraction of sp³-hybridized carbons (Fsp3) is 0.235. The summed E-state index contributed by atoms with van der Waals surface area (Å²) < 4.78 is 92.5. The van der Waals surface area contributed by atoms with Gasteiger partial charge >= 0.3 is 24.0 Å². The molecule has 0 aromatic heterocycles. The van der Waals surface area contributed by atoms with Crippen molar-refractivity contribution in [2.45, 2.75) is 18.0 Å². The summed E-state index contributed by atoms with van der Waals surface area (Å²) in [6.07, 6.45) is -6.48. The van der Waals surface area contributed by atoms with Crippen molar-refractivity contribution in [2.75, 3.05) is 6.61 Å². The van der Waals surface area contributed by atoms with E-state index in [0.29, 0.717) is 5.56 Å². The molecule has 0 unspecified atom stereocenters. The summed E-state index contributed by atoms with van der Waals surface area (Å²) in [5, 5.41) is 0. The second-order valence-electron chi connectivity index (χ2n) is 5.26. The molecule has 2 aromatic carbocycles. The molecule has 0 amide bonds. The molecule has 0 atom stereocenters. The van der Waals surface area contributed by atoms with Crippen LogP contribution in [0, 0.1) is 0 Å². The van der Waals surface area contributed by atoms with E-state index in [4.69, 9.17) is 0 Å². The van der Waals surface area contributed by atoms with Crippen LogP contribution in [0.3, 0.4) is 0 Å². The van der Waals surface area contributed by atoms with Crippen LogP contribution in [0.1, 0.15) is 10.4 Å². The first-order valence-corrected chi connectivity index (χ1v) is 7.11. The number of hydrogen-bond acceptors (Lipinski definition) is 2. The second kappa shape index (κ2) is 6.97. The van der Waals surface area contributed by atoms with Crippen LogP contribution in [-0.2, 0) is 4.74 Å². The summed E-state index contributed by atoms with van der Waals surface area (Å²) in [7, 11) is 0. The van der Waals surface area contributed by atoms with Gasteiger partial charge in [-0.2, -0.15) is 30.7 Å². The normalized spacial score (nSPS) is 12.7. The molecule has 2 aromatic rings. The van der Waals surface area contributed by atoms with E-state index in [1.165, 1.54) is 24.3 Å². The smallest absolute Gasteiger partial charge is 0.455 e. The van der Waals surface area contributed by atoms with Crippen molar-refractivity contribution in [3.8, 4) is 11.1 Å². The van der Waals surface area contributed by atoms with Crippen molar-refractivity contribution >= 4 is 5.97 Å². The van der Waals surface area contributed by atoms with Gasteiger partial charge in [-0.1, -0.05) is 48.5 Å². The number of hydrogen-bond donors (Lipinski definition) is 0. The van der Waals surface area contributed by atoms with Crippen molar-refractivity contribution in [3.05, 3.63) is 60.2 Å². The molecule has 0 N–H and O–H groups in total. The molecule has 2 nitrogen and oxygen atoms in total. The van der Waals surface area contributed by atoms with Gasteiger partial charge in [0.05, 0.1) is 5.56 Å². The predicted molar refractivity (Wildman–Crippen MR) is 78.1 cm³/mol. The minimum absolute atomic E-state index is 0.246. The molecule has 0 spiro atoms. The van der Waals surface area contributed by atoms with Crippen LogP contribution in [0.15, 0.2) is 54.6 Å². The highest BCUT2D eigenvalue weighted by atomic mass is 19.4. The molecule has 0 radical (unpaired) electrons. The van der Waals surface area contributed by atoms with Crippen molar-refractivity contribution in [3.63, 3.8) is 0 Å². The molecule has 0 saturated carbocycles. The quantitative estimate of drug-likeness (QED) is 0.517. The first-order valence-electron chi connectivity index (χ1n) is 7.11. The molecular formula is C17H11F7O2. The van der Waals surface area contributed by atoms with E-state index in [1.807, 2.05) is 0 Å². The van der Waals surface area contributed by atoms with E-state index in [2.05, 4.69) is 4.74 Å². The van der Waals surface area contributed by atoms with Gasteiger partial charge in [-0.15, -0.1) is 0 Å². The lowest BCUT2D eigenvalue weighted by Gasteiger charge is -2.27. The third kappa shape index (κ3) is 3.81. The SMILES string of the molecule is O=C(OCC(F)(F)C(F)(F)C(F)(F)F)c1ccccc1-c1ccccc1. The van der Waals surface area contributed by atoms with E-state index in [0.717, 1.165) is 0 Å². The lowest BCUT2D eigenvalue weighted by atomic mass is 10.00. The Labute approximate surface area is 143 Å². The topological polar surface area (TPSA) is 26.3 Å². The van der Waals surface area contributed by atoms with Crippen LogP contribution in [0.5, 0.6) is 0 Å². The van der Waals surface area contributed by atoms with Crippen LogP contribution in [0.4, 0.5) is 30.7 Å². The summed E-state index contributed by atoms with van der Waals surface area (Å²) in [5.41, 5.74) is 0.515. The van der Waals surface area contributed by atoms with E-state index >= 15 is 0 Å². The minimum Gasteiger partial charge on any atom is -0.455 e. The van der Waals surface area contributed by atoms with Gasteiger partial charge in [0, 0.05) is 0 Å². The maximum absolute atomic E-state index is 13.2. The van der Waals surface area contributed by atoms with Crippen molar-refractivity contribution in [2.24, 2.45) is 0 Å². The van der Waals surface area contributed by atoms with Crippen LogP contribution in [-0.4, -0.2) is 30.6 Å². The monoisotopic (exact) mass is 380 g/mol. The third-order valence-electron chi connectivity index (χ3n) is 3.43. The summed E-state index contributed by atoms with van der Waals surface area (Å²) >= 11 is 0. The Balaban J connectivity index is 2.22. The standard InChI is InChI=1S/C17H11F7O2/c18-15(19,16(20,21)17(22,23)24)10-26-14(25)13-9-5-4-8-12(13)11-6-2-1-3-7-11/h1-9H,10H2. The van der Waals surface area contributed by atoms with Crippen LogP contribution < -0.4 is 0 Å². The number of carbonyl (C=O) groups is 1. The number of halogens is 7. The van der Waals surface area contributed by atoms with Gasteiger partial charge in [0.2, 0.25) is 0 Å². The number of alkyl halides is 7. The number of carbonyl (C=O) groups excluding carboxylic acids is 1. The van der Waals surface area contributed by atoms with E-state index in [9.17, 15) is 35.5 Å². The van der Waals surface area contributed by atoms with Gasteiger partial charge in [-0.25, -0.2) is 4.79 Å². The summed E-state index contributed by atoms with van der Waals surface area (Å²) in [5.74, 6) is -13.4. The van der Waals surface area contributed by atoms with Gasteiger partial charge in [-0.05, 0) is 17.2 Å². The van der Waals surface area contributed by atoms with Gasteiger partial charge in [0.15, 0.2) is 6.61 Å². The Kier molecular flexibility index (Phi) is 5.29. The lowest BCUT2D eigenvalue weighted by Crippen LogP contribution is -2.54. The molecule has 0 aliphatic rings. The molecule has 0 aliphatic heterocycles. The fourth-order valence-electron chi connectivity index (χ4n) is 2.06. The molecule has 0 bridgehead atoms. The number of rotatable bonds is 5. The molecule has 9 heteroatoms. The molecule has 26 heavy (non-hydrogen) atoms. The Morgan fingerprint density at radius 1 is 0.808 bits per heavy atom.